The fraction of sp³-hybridized carbons (Fsp3) is 0.545. The maximum atomic E-state index is 11.7. The lowest BCUT2D eigenvalue weighted by atomic mass is 9.86. The molecule has 0 spiro atoms. The van der Waals surface area contributed by atoms with Crippen molar-refractivity contribution in [1.82, 2.24) is 20.1 Å². The van der Waals surface area contributed by atoms with Crippen LogP contribution in [0.1, 0.15) is 70.9 Å². The second-order valence-corrected chi connectivity index (χ2v) is 9.87. The number of hydrogen-bond acceptors (Lipinski definition) is 5. The van der Waals surface area contributed by atoms with Crippen molar-refractivity contribution in [2.45, 2.75) is 75.9 Å². The number of thioether (sulfide) groups is 1. The third-order valence-electron chi connectivity index (χ3n) is 5.44. The molecule has 30 heavy (non-hydrogen) atoms. The highest BCUT2D eigenvalue weighted by Crippen LogP contribution is 2.36. The Kier molecular flexibility index (Phi) is 7.18. The first kappa shape index (κ1) is 22.3. The summed E-state index contributed by atoms with van der Waals surface area (Å²) in [6.07, 6.45) is 6.10. The van der Waals surface area contributed by atoms with Crippen LogP contribution in [0.15, 0.2) is 29.4 Å². The average Bonchev–Trinajstić information content (AvgIpc) is 3.11. The molecule has 0 unspecified atom stereocenters. The van der Waals surface area contributed by atoms with Crippen molar-refractivity contribution >= 4 is 23.7 Å². The van der Waals surface area contributed by atoms with Gasteiger partial charge in [-0.3, -0.25) is 14.7 Å². The van der Waals surface area contributed by atoms with Crippen LogP contribution in [-0.4, -0.2) is 32.5 Å². The molecule has 1 aliphatic carbocycles. The summed E-state index contributed by atoms with van der Waals surface area (Å²) in [6, 6.07) is 8.12. The highest BCUT2D eigenvalue weighted by Gasteiger charge is 2.24. The van der Waals surface area contributed by atoms with Crippen LogP contribution in [0.3, 0.4) is 0 Å². The zero-order chi connectivity index (χ0) is 21.7. The van der Waals surface area contributed by atoms with Gasteiger partial charge in [-0.15, -0.1) is 10.2 Å². The quantitative estimate of drug-likeness (QED) is 0.662. The van der Waals surface area contributed by atoms with Crippen molar-refractivity contribution < 1.29 is 9.59 Å². The highest BCUT2D eigenvalue weighted by molar-refractivity contribution is 7.99. The van der Waals surface area contributed by atoms with Gasteiger partial charge in [0, 0.05) is 23.8 Å². The van der Waals surface area contributed by atoms with Crippen LogP contribution in [0.4, 0.5) is 4.79 Å². The van der Waals surface area contributed by atoms with Crippen LogP contribution in [0.2, 0.25) is 0 Å². The number of nitrogens with two attached hydrogens (primary N) is 1. The molecule has 1 heterocycles. The van der Waals surface area contributed by atoms with Gasteiger partial charge >= 0.3 is 6.03 Å². The first-order valence-corrected chi connectivity index (χ1v) is 11.5. The van der Waals surface area contributed by atoms with E-state index in [1.807, 2.05) is 0 Å². The first-order chi connectivity index (χ1) is 14.3. The van der Waals surface area contributed by atoms with E-state index in [2.05, 4.69) is 65.1 Å². The number of carbonyl (C=O) groups is 2. The van der Waals surface area contributed by atoms with Crippen LogP contribution in [0.5, 0.6) is 0 Å². The van der Waals surface area contributed by atoms with Gasteiger partial charge in [0.2, 0.25) is 5.91 Å². The van der Waals surface area contributed by atoms with Gasteiger partial charge in [0.15, 0.2) is 11.0 Å². The van der Waals surface area contributed by atoms with Gasteiger partial charge in [-0.1, -0.05) is 76.1 Å². The number of benzene rings is 1. The molecule has 0 radical (unpaired) electrons. The molecule has 162 valence electrons. The number of nitrogens with zero attached hydrogens (tertiary/aromatic N) is 3. The minimum absolute atomic E-state index is 0.0993. The Bertz CT molecular complexity index is 880. The van der Waals surface area contributed by atoms with E-state index < -0.39 is 6.03 Å². The zero-order valence-electron chi connectivity index (χ0n) is 18.0. The summed E-state index contributed by atoms with van der Waals surface area (Å²) in [7, 11) is 0. The predicted octanol–water partition coefficient (Wildman–Crippen LogP) is 4.42. The fourth-order valence-corrected chi connectivity index (χ4v) is 4.74. The predicted molar refractivity (Wildman–Crippen MR) is 119 cm³/mol. The Hall–Kier alpha value is -2.35. The van der Waals surface area contributed by atoms with E-state index in [9.17, 15) is 9.59 Å². The molecule has 0 aliphatic heterocycles. The number of imide groups is 1. The largest absolute Gasteiger partial charge is 0.351 e. The van der Waals surface area contributed by atoms with E-state index >= 15 is 0 Å². The molecule has 1 aromatic heterocycles. The molecule has 0 bridgehead atoms. The second-order valence-electron chi connectivity index (χ2n) is 8.81. The zero-order valence-corrected chi connectivity index (χ0v) is 18.8. The maximum absolute atomic E-state index is 11.7. The van der Waals surface area contributed by atoms with E-state index in [-0.39, 0.29) is 17.7 Å². The van der Waals surface area contributed by atoms with Crippen LogP contribution < -0.4 is 11.1 Å². The number of hydrogen-bond donors (Lipinski definition) is 2. The van der Waals surface area contributed by atoms with Crippen LogP contribution in [0.25, 0.3) is 11.4 Å². The summed E-state index contributed by atoms with van der Waals surface area (Å²) >= 11 is 1.50. The van der Waals surface area contributed by atoms with Crippen LogP contribution >= 0.6 is 11.8 Å². The molecular weight excluding hydrogens is 398 g/mol. The number of nitrogens with one attached hydrogen (secondary N) is 1. The molecule has 3 rings (SSSR count). The lowest BCUT2D eigenvalue weighted by Crippen LogP contribution is -2.35. The Morgan fingerprint density at radius 1 is 1.13 bits per heavy atom. The third kappa shape index (κ3) is 5.62. The van der Waals surface area contributed by atoms with Crippen molar-refractivity contribution in [3.63, 3.8) is 0 Å². The molecular formula is C22H31N5O2S. The monoisotopic (exact) mass is 429 g/mol. The van der Waals surface area contributed by atoms with Gasteiger partial charge in [0.05, 0.1) is 0 Å². The van der Waals surface area contributed by atoms with Crippen molar-refractivity contribution in [3.05, 3.63) is 29.8 Å². The highest BCUT2D eigenvalue weighted by atomic mass is 32.2. The number of carbonyl (C=O) groups excluding carboxylic acids is 2. The third-order valence-corrected chi connectivity index (χ3v) is 6.38. The summed E-state index contributed by atoms with van der Waals surface area (Å²) in [5.41, 5.74) is 7.44. The number of rotatable bonds is 6. The van der Waals surface area contributed by atoms with Gasteiger partial charge in [-0.2, -0.15) is 0 Å². The number of aromatic nitrogens is 3. The van der Waals surface area contributed by atoms with Crippen molar-refractivity contribution in [2.75, 3.05) is 5.75 Å². The Morgan fingerprint density at radius 3 is 2.40 bits per heavy atom. The summed E-state index contributed by atoms with van der Waals surface area (Å²) in [5.74, 6) is 1.01. The lowest BCUT2D eigenvalue weighted by molar-refractivity contribution is -0.119. The van der Waals surface area contributed by atoms with Gasteiger partial charge in [0.1, 0.15) is 0 Å². The van der Waals surface area contributed by atoms with E-state index in [1.54, 1.807) is 0 Å². The summed E-state index contributed by atoms with van der Waals surface area (Å²) in [5, 5.41) is 11.9. The van der Waals surface area contributed by atoms with Crippen molar-refractivity contribution in [3.8, 4) is 11.4 Å². The van der Waals surface area contributed by atoms with E-state index in [4.69, 9.17) is 5.73 Å². The topological polar surface area (TPSA) is 103 Å². The Labute approximate surface area is 182 Å². The van der Waals surface area contributed by atoms with Gasteiger partial charge < -0.3 is 5.73 Å². The molecule has 1 aromatic carbocycles. The molecule has 2 aromatic rings. The Balaban J connectivity index is 1.82. The minimum Gasteiger partial charge on any atom is -0.351 e. The SMILES string of the molecule is CC(C)(C)c1ccc(-c2nnc(SCCC(=O)NC(N)=O)n2C2CCCCC2)cc1. The molecule has 8 heteroatoms. The molecule has 1 saturated carbocycles. The minimum atomic E-state index is -0.823. The van der Waals surface area contributed by atoms with Crippen LogP contribution in [0, 0.1) is 0 Å². The summed E-state index contributed by atoms with van der Waals surface area (Å²) < 4.78 is 2.25. The standard InChI is InChI=1S/C22H31N5O2S/c1-22(2,3)16-11-9-15(10-12-16)19-25-26-21(27(19)17-7-5-4-6-8-17)30-14-13-18(28)24-20(23)29/h9-12,17H,4-8,13-14H2,1-3H3,(H3,23,24,28,29). The molecule has 0 saturated heterocycles. The van der Waals surface area contributed by atoms with Gasteiger partial charge in [0.25, 0.3) is 0 Å². The maximum Gasteiger partial charge on any atom is 0.318 e. The van der Waals surface area contributed by atoms with E-state index in [1.165, 1.54) is 36.6 Å². The number of urea groups is 1. The summed E-state index contributed by atoms with van der Waals surface area (Å²) in [6.45, 7) is 6.61. The lowest BCUT2D eigenvalue weighted by Gasteiger charge is -2.26. The first-order valence-electron chi connectivity index (χ1n) is 10.5. The van der Waals surface area contributed by atoms with E-state index in [0.717, 1.165) is 29.4 Å². The second kappa shape index (κ2) is 9.64. The number of amides is 3. The number of primary amides is 1. The molecule has 1 aliphatic rings. The van der Waals surface area contributed by atoms with Gasteiger partial charge in [-0.25, -0.2) is 4.79 Å². The summed E-state index contributed by atoms with van der Waals surface area (Å²) in [4.78, 5) is 22.5. The molecule has 3 amide bonds. The normalized spacial score (nSPS) is 15.2. The molecule has 1 fully saturated rings. The molecule has 3 N–H and O–H groups in total. The molecule has 0 atom stereocenters. The molecule has 7 nitrogen and oxygen atoms in total. The Morgan fingerprint density at radius 2 is 1.80 bits per heavy atom. The van der Waals surface area contributed by atoms with Crippen molar-refractivity contribution in [2.24, 2.45) is 5.73 Å². The van der Waals surface area contributed by atoms with E-state index in [0.29, 0.717) is 11.8 Å². The smallest absolute Gasteiger partial charge is 0.318 e. The average molecular weight is 430 g/mol. The fourth-order valence-electron chi connectivity index (χ4n) is 3.79. The van der Waals surface area contributed by atoms with Crippen LogP contribution in [-0.2, 0) is 10.2 Å². The van der Waals surface area contributed by atoms with Gasteiger partial charge in [-0.05, 0) is 23.8 Å². The van der Waals surface area contributed by atoms with Crippen molar-refractivity contribution in [1.29, 1.82) is 0 Å².